The maximum atomic E-state index is 12.0. The Labute approximate surface area is 94.0 Å². The summed E-state index contributed by atoms with van der Waals surface area (Å²) in [7, 11) is 0. The van der Waals surface area contributed by atoms with Crippen LogP contribution in [0.5, 0.6) is 0 Å². The van der Waals surface area contributed by atoms with Crippen molar-refractivity contribution in [3.63, 3.8) is 0 Å². The summed E-state index contributed by atoms with van der Waals surface area (Å²) in [6.07, 6.45) is 1.56. The van der Waals surface area contributed by atoms with Crippen molar-refractivity contribution in [2.24, 2.45) is 5.92 Å². The average Bonchev–Trinajstić information content (AvgIpc) is 2.67. The van der Waals surface area contributed by atoms with Gasteiger partial charge in [0.25, 0.3) is 0 Å². The quantitative estimate of drug-likeness (QED) is 0.794. The zero-order chi connectivity index (χ0) is 11.4. The molecule has 15 heavy (non-hydrogen) atoms. The zero-order valence-electron chi connectivity index (χ0n) is 9.10. The number of carboxylic acid groups (broad SMARTS) is 1. The van der Waals surface area contributed by atoms with E-state index >= 15 is 0 Å². The molecule has 1 aliphatic rings. The third-order valence-corrected chi connectivity index (χ3v) is 3.80. The smallest absolute Gasteiger partial charge is 0.327 e. The van der Waals surface area contributed by atoms with Crippen LogP contribution in [0.4, 0.5) is 0 Å². The van der Waals surface area contributed by atoms with E-state index in [1.165, 1.54) is 16.7 Å². The predicted molar refractivity (Wildman–Crippen MR) is 59.7 cm³/mol. The minimum Gasteiger partial charge on any atom is -0.480 e. The molecule has 1 N–H and O–H groups in total. The normalized spacial score (nSPS) is 21.0. The van der Waals surface area contributed by atoms with E-state index in [2.05, 4.69) is 0 Å². The van der Waals surface area contributed by atoms with Gasteiger partial charge in [0.15, 0.2) is 0 Å². The van der Waals surface area contributed by atoms with Crippen molar-refractivity contribution in [2.45, 2.75) is 32.7 Å². The number of amides is 1. The fraction of sp³-hybridized carbons (Fsp3) is 0.800. The summed E-state index contributed by atoms with van der Waals surface area (Å²) in [6.45, 7) is 3.93. The van der Waals surface area contributed by atoms with Crippen LogP contribution in [-0.2, 0) is 9.59 Å². The van der Waals surface area contributed by atoms with Gasteiger partial charge in [0.05, 0.1) is 5.88 Å². The van der Waals surface area contributed by atoms with Gasteiger partial charge >= 0.3 is 5.97 Å². The Balaban J connectivity index is 2.69. The molecule has 1 aliphatic heterocycles. The molecule has 0 aromatic rings. The first-order valence-corrected chi connectivity index (χ1v) is 6.38. The Morgan fingerprint density at radius 1 is 1.47 bits per heavy atom. The minimum atomic E-state index is -0.890. The monoisotopic (exact) mass is 231 g/mol. The van der Waals surface area contributed by atoms with Gasteiger partial charge in [0, 0.05) is 11.7 Å². The van der Waals surface area contributed by atoms with Crippen LogP contribution in [0.2, 0.25) is 0 Å². The van der Waals surface area contributed by atoms with E-state index in [9.17, 15) is 9.59 Å². The topological polar surface area (TPSA) is 57.6 Å². The third kappa shape index (κ3) is 2.65. The van der Waals surface area contributed by atoms with Crippen LogP contribution in [0.1, 0.15) is 26.7 Å². The van der Waals surface area contributed by atoms with Gasteiger partial charge in [-0.25, -0.2) is 4.79 Å². The number of rotatable bonds is 4. The van der Waals surface area contributed by atoms with Gasteiger partial charge in [-0.05, 0) is 12.8 Å². The number of carboxylic acids is 1. The van der Waals surface area contributed by atoms with Gasteiger partial charge in [-0.2, -0.15) is 0 Å². The molecule has 0 bridgehead atoms. The predicted octanol–water partition coefficient (Wildman–Crippen LogP) is 1.41. The van der Waals surface area contributed by atoms with Gasteiger partial charge in [-0.15, -0.1) is 11.8 Å². The lowest BCUT2D eigenvalue weighted by Gasteiger charge is -2.24. The number of carbonyl (C=O) groups is 2. The minimum absolute atomic E-state index is 0.00241. The molecule has 5 heteroatoms. The molecule has 0 aliphatic carbocycles. The van der Waals surface area contributed by atoms with Gasteiger partial charge < -0.3 is 10.0 Å². The Hall–Kier alpha value is -0.710. The maximum Gasteiger partial charge on any atom is 0.327 e. The second-order valence-corrected chi connectivity index (χ2v) is 4.68. The highest BCUT2D eigenvalue weighted by molar-refractivity contribution is 7.99. The van der Waals surface area contributed by atoms with Crippen LogP contribution >= 0.6 is 11.8 Å². The van der Waals surface area contributed by atoms with Gasteiger partial charge in [-0.3, -0.25) is 4.79 Å². The standard InChI is InChI=1S/C10H17NO3S/c1-3-7(4-2)9(12)11-6-15-5-8(11)10(13)14/h7-8H,3-6H2,1-2H3,(H,13,14)/t8-/m0/s1. The summed E-state index contributed by atoms with van der Waals surface area (Å²) in [5, 5.41) is 8.95. The Kier molecular flexibility index (Phi) is 4.45. The summed E-state index contributed by atoms with van der Waals surface area (Å²) >= 11 is 1.51. The van der Waals surface area contributed by atoms with Crippen LogP contribution in [-0.4, -0.2) is 39.6 Å². The second kappa shape index (κ2) is 5.39. The third-order valence-electron chi connectivity index (χ3n) is 2.79. The molecule has 1 rings (SSSR count). The van der Waals surface area contributed by atoms with E-state index in [1.54, 1.807) is 0 Å². The largest absolute Gasteiger partial charge is 0.480 e. The van der Waals surface area contributed by atoms with E-state index in [1.807, 2.05) is 13.8 Å². The highest BCUT2D eigenvalue weighted by Crippen LogP contribution is 2.24. The van der Waals surface area contributed by atoms with Crippen LogP contribution in [0, 0.1) is 5.92 Å². The molecule has 86 valence electrons. The Morgan fingerprint density at radius 2 is 2.07 bits per heavy atom. The SMILES string of the molecule is CCC(CC)C(=O)N1CSC[C@H]1C(=O)O. The molecule has 4 nitrogen and oxygen atoms in total. The van der Waals surface area contributed by atoms with E-state index < -0.39 is 12.0 Å². The van der Waals surface area contributed by atoms with Crippen molar-refractivity contribution < 1.29 is 14.7 Å². The van der Waals surface area contributed by atoms with Gasteiger partial charge in [0.1, 0.15) is 6.04 Å². The van der Waals surface area contributed by atoms with Crippen molar-refractivity contribution in [2.75, 3.05) is 11.6 Å². The van der Waals surface area contributed by atoms with Crippen LogP contribution < -0.4 is 0 Å². The van der Waals surface area contributed by atoms with Crippen molar-refractivity contribution in [3.05, 3.63) is 0 Å². The molecule has 1 fully saturated rings. The fourth-order valence-electron chi connectivity index (χ4n) is 1.74. The number of aliphatic carboxylic acids is 1. The lowest BCUT2D eigenvalue weighted by atomic mass is 10.0. The molecule has 1 saturated heterocycles. The Morgan fingerprint density at radius 3 is 2.53 bits per heavy atom. The van der Waals surface area contributed by atoms with Crippen LogP contribution in [0.3, 0.4) is 0 Å². The highest BCUT2D eigenvalue weighted by atomic mass is 32.2. The number of hydrogen-bond acceptors (Lipinski definition) is 3. The van der Waals surface area contributed by atoms with E-state index in [-0.39, 0.29) is 11.8 Å². The van der Waals surface area contributed by atoms with Gasteiger partial charge in [0.2, 0.25) is 5.91 Å². The lowest BCUT2D eigenvalue weighted by Crippen LogP contribution is -2.44. The molecule has 0 aromatic heterocycles. The molecule has 0 saturated carbocycles. The molecule has 0 spiro atoms. The molecular formula is C10H17NO3S. The molecule has 0 aromatic carbocycles. The summed E-state index contributed by atoms with van der Waals surface area (Å²) in [4.78, 5) is 24.4. The van der Waals surface area contributed by atoms with Gasteiger partial charge in [-0.1, -0.05) is 13.8 Å². The number of hydrogen-bond donors (Lipinski definition) is 1. The summed E-state index contributed by atoms with van der Waals surface area (Å²) in [6, 6.07) is -0.622. The van der Waals surface area contributed by atoms with Crippen LogP contribution in [0.15, 0.2) is 0 Å². The second-order valence-electron chi connectivity index (χ2n) is 3.68. The first kappa shape index (κ1) is 12.4. The summed E-state index contributed by atoms with van der Waals surface area (Å²) in [5.41, 5.74) is 0. The molecule has 1 heterocycles. The van der Waals surface area contributed by atoms with Crippen molar-refractivity contribution >= 4 is 23.6 Å². The zero-order valence-corrected chi connectivity index (χ0v) is 9.92. The van der Waals surface area contributed by atoms with E-state index in [4.69, 9.17) is 5.11 Å². The highest BCUT2D eigenvalue weighted by Gasteiger charge is 2.36. The lowest BCUT2D eigenvalue weighted by molar-refractivity contribution is -0.149. The molecule has 0 unspecified atom stereocenters. The fourth-order valence-corrected chi connectivity index (χ4v) is 2.89. The van der Waals surface area contributed by atoms with Crippen LogP contribution in [0.25, 0.3) is 0 Å². The molecule has 0 radical (unpaired) electrons. The number of carbonyl (C=O) groups excluding carboxylic acids is 1. The summed E-state index contributed by atoms with van der Waals surface area (Å²) < 4.78 is 0. The van der Waals surface area contributed by atoms with Crippen molar-refractivity contribution in [1.82, 2.24) is 4.90 Å². The maximum absolute atomic E-state index is 12.0. The summed E-state index contributed by atoms with van der Waals surface area (Å²) in [5.74, 6) is 0.121. The van der Waals surface area contributed by atoms with Crippen molar-refractivity contribution in [1.29, 1.82) is 0 Å². The van der Waals surface area contributed by atoms with E-state index in [0.29, 0.717) is 11.6 Å². The Bertz CT molecular complexity index is 253. The molecular weight excluding hydrogens is 214 g/mol. The number of nitrogens with zero attached hydrogens (tertiary/aromatic N) is 1. The number of thioether (sulfide) groups is 1. The van der Waals surface area contributed by atoms with Crippen molar-refractivity contribution in [3.8, 4) is 0 Å². The first-order chi connectivity index (χ1) is 7.11. The van der Waals surface area contributed by atoms with E-state index in [0.717, 1.165) is 12.8 Å². The first-order valence-electron chi connectivity index (χ1n) is 5.22. The average molecular weight is 231 g/mol. The molecule has 1 atom stereocenters. The molecule has 1 amide bonds.